The Morgan fingerprint density at radius 2 is 2.14 bits per heavy atom. The molecule has 0 aliphatic heterocycles. The van der Waals surface area contributed by atoms with Crippen LogP contribution in [0.25, 0.3) is 0 Å². The van der Waals surface area contributed by atoms with Crippen molar-refractivity contribution >= 4 is 21.2 Å². The first-order valence-corrected chi connectivity index (χ1v) is 9.08. The number of sulfone groups is 1. The second-order valence-corrected chi connectivity index (χ2v) is 7.62. The number of aliphatic hydroxyl groups excluding tert-OH is 1. The van der Waals surface area contributed by atoms with E-state index in [9.17, 15) is 18.5 Å². The Hall–Kier alpha value is -1.67. The molecular formula is C14H20N2O5S. The lowest BCUT2D eigenvalue weighted by Gasteiger charge is -2.21. The van der Waals surface area contributed by atoms with Gasteiger partial charge in [-0.2, -0.15) is 0 Å². The number of rotatable bonds is 6. The van der Waals surface area contributed by atoms with Gasteiger partial charge < -0.3 is 10.4 Å². The zero-order chi connectivity index (χ0) is 16.3. The zero-order valence-electron chi connectivity index (χ0n) is 12.4. The van der Waals surface area contributed by atoms with Crippen LogP contribution in [0.1, 0.15) is 25.7 Å². The lowest BCUT2D eigenvalue weighted by Crippen LogP contribution is -2.25. The Balaban J connectivity index is 2.37. The SMILES string of the molecule is CS(=O)(=O)c1cccc(NC2CCCC2CCO)c1[N+](=O)[O-]. The molecule has 1 aliphatic rings. The van der Waals surface area contributed by atoms with Crippen molar-refractivity contribution in [2.24, 2.45) is 5.92 Å². The van der Waals surface area contributed by atoms with Gasteiger partial charge in [-0.3, -0.25) is 10.1 Å². The maximum Gasteiger partial charge on any atom is 0.310 e. The molecular weight excluding hydrogens is 308 g/mol. The third kappa shape index (κ3) is 3.56. The summed E-state index contributed by atoms with van der Waals surface area (Å²) in [6, 6.07) is 4.29. The Labute approximate surface area is 129 Å². The van der Waals surface area contributed by atoms with Crippen LogP contribution in [-0.4, -0.2) is 37.4 Å². The highest BCUT2D eigenvalue weighted by molar-refractivity contribution is 7.90. The van der Waals surface area contributed by atoms with Gasteiger partial charge in [-0.25, -0.2) is 8.42 Å². The topological polar surface area (TPSA) is 110 Å². The van der Waals surface area contributed by atoms with Crippen LogP contribution in [-0.2, 0) is 9.84 Å². The molecule has 0 heterocycles. The predicted octanol–water partition coefficient (Wildman–Crippen LogP) is 1.96. The van der Waals surface area contributed by atoms with Crippen LogP contribution in [0.15, 0.2) is 23.1 Å². The van der Waals surface area contributed by atoms with E-state index in [-0.39, 0.29) is 29.1 Å². The first-order valence-electron chi connectivity index (χ1n) is 7.19. The van der Waals surface area contributed by atoms with E-state index < -0.39 is 20.4 Å². The van der Waals surface area contributed by atoms with Gasteiger partial charge in [-0.05, 0) is 37.3 Å². The molecule has 1 fully saturated rings. The molecule has 0 bridgehead atoms. The maximum atomic E-state index is 11.7. The number of nitro groups is 1. The molecule has 0 aromatic heterocycles. The molecule has 2 N–H and O–H groups in total. The molecule has 1 saturated carbocycles. The first kappa shape index (κ1) is 16.7. The summed E-state index contributed by atoms with van der Waals surface area (Å²) in [6.07, 6.45) is 4.39. The van der Waals surface area contributed by atoms with Gasteiger partial charge >= 0.3 is 5.69 Å². The monoisotopic (exact) mass is 328 g/mol. The molecule has 0 amide bonds. The molecule has 1 aromatic carbocycles. The number of hydrogen-bond acceptors (Lipinski definition) is 6. The number of benzene rings is 1. The smallest absolute Gasteiger partial charge is 0.310 e. The van der Waals surface area contributed by atoms with Crippen LogP contribution in [0.5, 0.6) is 0 Å². The number of anilines is 1. The van der Waals surface area contributed by atoms with E-state index in [0.29, 0.717) is 6.42 Å². The van der Waals surface area contributed by atoms with Gasteiger partial charge in [0.2, 0.25) is 0 Å². The largest absolute Gasteiger partial charge is 0.396 e. The Kier molecular flexibility index (Phi) is 5.02. The highest BCUT2D eigenvalue weighted by Crippen LogP contribution is 2.36. The lowest BCUT2D eigenvalue weighted by atomic mass is 9.99. The normalized spacial score (nSPS) is 21.7. The molecule has 1 aliphatic carbocycles. The number of nitrogens with zero attached hydrogens (tertiary/aromatic N) is 1. The van der Waals surface area contributed by atoms with Crippen molar-refractivity contribution in [1.29, 1.82) is 0 Å². The van der Waals surface area contributed by atoms with Gasteiger partial charge in [0.25, 0.3) is 0 Å². The molecule has 2 unspecified atom stereocenters. The second-order valence-electron chi connectivity index (χ2n) is 5.64. The van der Waals surface area contributed by atoms with Crippen LogP contribution in [0.3, 0.4) is 0 Å². The van der Waals surface area contributed by atoms with Gasteiger partial charge in [0.15, 0.2) is 9.84 Å². The third-order valence-corrected chi connectivity index (χ3v) is 5.21. The van der Waals surface area contributed by atoms with E-state index >= 15 is 0 Å². The minimum atomic E-state index is -3.68. The maximum absolute atomic E-state index is 11.7. The van der Waals surface area contributed by atoms with E-state index in [4.69, 9.17) is 5.11 Å². The van der Waals surface area contributed by atoms with Crippen LogP contribution < -0.4 is 5.32 Å². The Bertz CT molecular complexity index is 659. The van der Waals surface area contributed by atoms with E-state index in [0.717, 1.165) is 25.5 Å². The number of nitro benzene ring substituents is 1. The van der Waals surface area contributed by atoms with Gasteiger partial charge in [0.05, 0.1) is 4.92 Å². The fourth-order valence-electron chi connectivity index (χ4n) is 3.06. The predicted molar refractivity (Wildman–Crippen MR) is 82.7 cm³/mol. The van der Waals surface area contributed by atoms with E-state index in [2.05, 4.69) is 5.32 Å². The van der Waals surface area contributed by atoms with Crippen molar-refractivity contribution in [2.45, 2.75) is 36.6 Å². The molecule has 8 heteroatoms. The summed E-state index contributed by atoms with van der Waals surface area (Å²) in [5.74, 6) is 0.242. The molecule has 2 atom stereocenters. The van der Waals surface area contributed by atoms with E-state index in [1.807, 2.05) is 0 Å². The van der Waals surface area contributed by atoms with Crippen molar-refractivity contribution in [2.75, 3.05) is 18.2 Å². The molecule has 2 rings (SSSR count). The van der Waals surface area contributed by atoms with Crippen molar-refractivity contribution in [3.05, 3.63) is 28.3 Å². The fraction of sp³-hybridized carbons (Fsp3) is 0.571. The second kappa shape index (κ2) is 6.62. The minimum absolute atomic E-state index is 0.0145. The van der Waals surface area contributed by atoms with Crippen molar-refractivity contribution < 1.29 is 18.4 Å². The summed E-state index contributed by atoms with van der Waals surface area (Å²) in [5.41, 5.74) is -0.178. The summed E-state index contributed by atoms with van der Waals surface area (Å²) in [4.78, 5) is 10.4. The van der Waals surface area contributed by atoms with Crippen LogP contribution in [0.2, 0.25) is 0 Å². The van der Waals surface area contributed by atoms with Gasteiger partial charge in [-0.1, -0.05) is 12.5 Å². The summed E-state index contributed by atoms with van der Waals surface area (Å²) < 4.78 is 23.5. The Morgan fingerprint density at radius 3 is 2.73 bits per heavy atom. The summed E-state index contributed by atoms with van der Waals surface area (Å²) in [5, 5.41) is 23.5. The van der Waals surface area contributed by atoms with Gasteiger partial charge in [0, 0.05) is 18.9 Å². The molecule has 1 aromatic rings. The highest BCUT2D eigenvalue weighted by atomic mass is 32.2. The van der Waals surface area contributed by atoms with Gasteiger partial charge in [-0.15, -0.1) is 0 Å². The number of para-hydroxylation sites is 1. The molecule has 122 valence electrons. The van der Waals surface area contributed by atoms with Crippen LogP contribution in [0.4, 0.5) is 11.4 Å². The first-order chi connectivity index (χ1) is 10.3. The summed E-state index contributed by atoms with van der Waals surface area (Å²) in [7, 11) is -3.68. The van der Waals surface area contributed by atoms with Crippen molar-refractivity contribution in [3.8, 4) is 0 Å². The molecule has 0 radical (unpaired) electrons. The fourth-order valence-corrected chi connectivity index (χ4v) is 3.93. The standard InChI is InChI=1S/C14H20N2O5S/c1-22(20,21)13-7-3-6-12(14(13)16(18)19)15-11-5-2-4-10(11)8-9-17/h3,6-7,10-11,15,17H,2,4-5,8-9H2,1H3. The molecule has 0 spiro atoms. The molecule has 22 heavy (non-hydrogen) atoms. The summed E-state index contributed by atoms with van der Waals surface area (Å²) in [6.45, 7) is 0.0777. The van der Waals surface area contributed by atoms with Crippen LogP contribution in [0, 0.1) is 16.0 Å². The molecule has 0 saturated heterocycles. The average Bonchev–Trinajstić information content (AvgIpc) is 2.85. The van der Waals surface area contributed by atoms with Crippen molar-refractivity contribution in [3.63, 3.8) is 0 Å². The number of aliphatic hydroxyl groups is 1. The number of hydrogen-bond donors (Lipinski definition) is 2. The lowest BCUT2D eigenvalue weighted by molar-refractivity contribution is -0.386. The quantitative estimate of drug-likeness (QED) is 0.610. The van der Waals surface area contributed by atoms with E-state index in [1.54, 1.807) is 0 Å². The average molecular weight is 328 g/mol. The minimum Gasteiger partial charge on any atom is -0.396 e. The molecule has 7 nitrogen and oxygen atoms in total. The highest BCUT2D eigenvalue weighted by Gasteiger charge is 2.31. The Morgan fingerprint density at radius 1 is 1.41 bits per heavy atom. The van der Waals surface area contributed by atoms with Crippen molar-refractivity contribution in [1.82, 2.24) is 0 Å². The van der Waals surface area contributed by atoms with E-state index in [1.165, 1.54) is 18.2 Å². The third-order valence-electron chi connectivity index (χ3n) is 4.08. The number of nitrogens with one attached hydrogen (secondary N) is 1. The van der Waals surface area contributed by atoms with Crippen LogP contribution >= 0.6 is 0 Å². The van der Waals surface area contributed by atoms with Gasteiger partial charge in [0.1, 0.15) is 10.6 Å². The zero-order valence-corrected chi connectivity index (χ0v) is 13.2. The summed E-state index contributed by atoms with van der Waals surface area (Å²) >= 11 is 0.